The largest absolute Gasteiger partial charge is 0.459 e. The van der Waals surface area contributed by atoms with E-state index in [1.807, 2.05) is 29.3 Å². The van der Waals surface area contributed by atoms with Crippen LogP contribution in [0.15, 0.2) is 21.9 Å². The second-order valence-corrected chi connectivity index (χ2v) is 6.07. The van der Waals surface area contributed by atoms with Crippen LogP contribution in [-0.2, 0) is 11.2 Å². The van der Waals surface area contributed by atoms with Crippen molar-refractivity contribution < 1.29 is 9.21 Å². The maximum absolute atomic E-state index is 12.3. The maximum Gasteiger partial charge on any atom is 0.228 e. The van der Waals surface area contributed by atoms with Crippen molar-refractivity contribution in [3.05, 3.63) is 29.0 Å². The Kier molecular flexibility index (Phi) is 8.05. The van der Waals surface area contributed by atoms with Gasteiger partial charge in [0.2, 0.25) is 5.91 Å². The van der Waals surface area contributed by atoms with Crippen LogP contribution in [0.4, 0.5) is 0 Å². The average molecular weight is 378 g/mol. The van der Waals surface area contributed by atoms with Crippen LogP contribution < -0.4 is 5.32 Å². The van der Waals surface area contributed by atoms with E-state index in [0.29, 0.717) is 6.42 Å². The first-order valence-corrected chi connectivity index (χ1v) is 8.10. The highest BCUT2D eigenvalue weighted by Gasteiger charge is 2.17. The molecular formula is C15H21Cl2N3O2S. The van der Waals surface area contributed by atoms with Crippen LogP contribution in [0.5, 0.6) is 0 Å². The van der Waals surface area contributed by atoms with Crippen molar-refractivity contribution in [3.8, 4) is 10.8 Å². The molecule has 1 aliphatic rings. The lowest BCUT2D eigenvalue weighted by molar-refractivity contribution is -0.130. The van der Waals surface area contributed by atoms with Gasteiger partial charge in [0.05, 0.1) is 12.1 Å². The number of aromatic nitrogens is 1. The molecule has 3 rings (SSSR count). The van der Waals surface area contributed by atoms with Crippen molar-refractivity contribution in [1.29, 1.82) is 0 Å². The van der Waals surface area contributed by atoms with E-state index in [1.54, 1.807) is 0 Å². The number of amides is 1. The summed E-state index contributed by atoms with van der Waals surface area (Å²) in [4.78, 5) is 18.7. The van der Waals surface area contributed by atoms with Crippen LogP contribution >= 0.6 is 36.2 Å². The zero-order valence-corrected chi connectivity index (χ0v) is 15.4. The number of carbonyl (C=O) groups is 1. The van der Waals surface area contributed by atoms with Gasteiger partial charge >= 0.3 is 0 Å². The quantitative estimate of drug-likeness (QED) is 0.892. The van der Waals surface area contributed by atoms with Gasteiger partial charge in [-0.1, -0.05) is 0 Å². The molecule has 0 bridgehead atoms. The number of rotatable bonds is 3. The highest BCUT2D eigenvalue weighted by Crippen LogP contribution is 2.25. The van der Waals surface area contributed by atoms with Gasteiger partial charge in [-0.2, -0.15) is 0 Å². The summed E-state index contributed by atoms with van der Waals surface area (Å²) in [6.07, 6.45) is 1.38. The molecular weight excluding hydrogens is 357 g/mol. The van der Waals surface area contributed by atoms with Crippen LogP contribution in [-0.4, -0.2) is 42.0 Å². The minimum absolute atomic E-state index is 0. The maximum atomic E-state index is 12.3. The van der Waals surface area contributed by atoms with Gasteiger partial charge in [0.15, 0.2) is 10.8 Å². The lowest BCUT2D eigenvalue weighted by Gasteiger charge is -2.19. The van der Waals surface area contributed by atoms with Gasteiger partial charge in [0, 0.05) is 25.0 Å². The molecule has 0 saturated carbocycles. The van der Waals surface area contributed by atoms with Crippen LogP contribution in [0, 0.1) is 6.92 Å². The molecule has 1 fully saturated rings. The van der Waals surface area contributed by atoms with E-state index >= 15 is 0 Å². The first-order valence-electron chi connectivity index (χ1n) is 7.22. The predicted molar refractivity (Wildman–Crippen MR) is 96.8 cm³/mol. The Bertz CT molecular complexity index is 622. The molecule has 1 aliphatic heterocycles. The molecule has 1 N–H and O–H groups in total. The van der Waals surface area contributed by atoms with E-state index in [0.717, 1.165) is 54.8 Å². The SMILES string of the molecule is Cc1ccc(-c2nc(CC(=O)N3CCCNCC3)cs2)o1.Cl.Cl. The van der Waals surface area contributed by atoms with Crippen LogP contribution in [0.1, 0.15) is 17.9 Å². The van der Waals surface area contributed by atoms with Gasteiger partial charge in [-0.15, -0.1) is 36.2 Å². The standard InChI is InChI=1S/C15H19N3O2S.2ClH/c1-11-3-4-13(20-11)15-17-12(10-21-15)9-14(19)18-7-2-5-16-6-8-18;;/h3-4,10,16H,2,5-9H2,1H3;2*1H. The Morgan fingerprint density at radius 1 is 1.35 bits per heavy atom. The van der Waals surface area contributed by atoms with Gasteiger partial charge in [0.1, 0.15) is 5.76 Å². The Morgan fingerprint density at radius 2 is 2.17 bits per heavy atom. The molecule has 0 unspecified atom stereocenters. The highest BCUT2D eigenvalue weighted by molar-refractivity contribution is 7.13. The number of aryl methyl sites for hydroxylation is 1. The summed E-state index contributed by atoms with van der Waals surface area (Å²) in [5.41, 5.74) is 0.825. The molecule has 2 aromatic rings. The molecule has 0 aromatic carbocycles. The number of nitrogens with one attached hydrogen (secondary N) is 1. The van der Waals surface area contributed by atoms with Crippen molar-refractivity contribution in [3.63, 3.8) is 0 Å². The third-order valence-corrected chi connectivity index (χ3v) is 4.43. The second kappa shape index (κ2) is 9.27. The number of furan rings is 1. The Hall–Kier alpha value is -1.08. The van der Waals surface area contributed by atoms with Crippen molar-refractivity contribution in [1.82, 2.24) is 15.2 Å². The van der Waals surface area contributed by atoms with E-state index in [4.69, 9.17) is 4.42 Å². The number of thiazole rings is 1. The van der Waals surface area contributed by atoms with Gasteiger partial charge in [-0.25, -0.2) is 4.98 Å². The van der Waals surface area contributed by atoms with Crippen molar-refractivity contribution in [2.75, 3.05) is 26.2 Å². The fourth-order valence-electron chi connectivity index (χ4n) is 2.41. The molecule has 2 aromatic heterocycles. The van der Waals surface area contributed by atoms with Crippen molar-refractivity contribution in [2.24, 2.45) is 0 Å². The van der Waals surface area contributed by atoms with Gasteiger partial charge in [0.25, 0.3) is 0 Å². The Morgan fingerprint density at radius 3 is 2.91 bits per heavy atom. The van der Waals surface area contributed by atoms with Crippen molar-refractivity contribution >= 4 is 42.1 Å². The molecule has 1 saturated heterocycles. The lowest BCUT2D eigenvalue weighted by atomic mass is 10.3. The molecule has 128 valence electrons. The smallest absolute Gasteiger partial charge is 0.228 e. The zero-order chi connectivity index (χ0) is 14.7. The summed E-state index contributed by atoms with van der Waals surface area (Å²) in [5.74, 6) is 1.80. The van der Waals surface area contributed by atoms with E-state index in [9.17, 15) is 4.79 Å². The van der Waals surface area contributed by atoms with E-state index < -0.39 is 0 Å². The molecule has 0 spiro atoms. The van der Waals surface area contributed by atoms with Crippen molar-refractivity contribution in [2.45, 2.75) is 19.8 Å². The third-order valence-electron chi connectivity index (χ3n) is 3.53. The first-order chi connectivity index (χ1) is 10.2. The average Bonchev–Trinajstić information content (AvgIpc) is 3.00. The molecule has 23 heavy (non-hydrogen) atoms. The van der Waals surface area contributed by atoms with Gasteiger partial charge < -0.3 is 14.6 Å². The molecule has 8 heteroatoms. The van der Waals surface area contributed by atoms with Gasteiger partial charge in [-0.05, 0) is 32.0 Å². The number of nitrogens with zero attached hydrogens (tertiary/aromatic N) is 2. The first kappa shape index (κ1) is 20.0. The van der Waals surface area contributed by atoms with Crippen LogP contribution in [0.3, 0.4) is 0 Å². The van der Waals surface area contributed by atoms with E-state index in [-0.39, 0.29) is 30.7 Å². The summed E-state index contributed by atoms with van der Waals surface area (Å²) in [6.45, 7) is 5.39. The molecule has 5 nitrogen and oxygen atoms in total. The molecule has 0 radical (unpaired) electrons. The topological polar surface area (TPSA) is 58.4 Å². The fourth-order valence-corrected chi connectivity index (χ4v) is 3.19. The predicted octanol–water partition coefficient (Wildman–Crippen LogP) is 2.92. The van der Waals surface area contributed by atoms with E-state index in [2.05, 4.69) is 10.3 Å². The zero-order valence-electron chi connectivity index (χ0n) is 12.9. The summed E-state index contributed by atoms with van der Waals surface area (Å²) in [5, 5.41) is 6.09. The summed E-state index contributed by atoms with van der Waals surface area (Å²) in [6, 6.07) is 3.84. The Balaban J connectivity index is 0.00000132. The normalized spacial score (nSPS) is 14.6. The highest BCUT2D eigenvalue weighted by atomic mass is 35.5. The summed E-state index contributed by atoms with van der Waals surface area (Å²) >= 11 is 1.52. The minimum Gasteiger partial charge on any atom is -0.459 e. The second-order valence-electron chi connectivity index (χ2n) is 5.22. The Labute approximate surface area is 152 Å². The summed E-state index contributed by atoms with van der Waals surface area (Å²) in [7, 11) is 0. The molecule has 1 amide bonds. The summed E-state index contributed by atoms with van der Waals surface area (Å²) < 4.78 is 5.57. The molecule has 3 heterocycles. The third kappa shape index (κ3) is 5.21. The number of hydrogen-bond acceptors (Lipinski definition) is 5. The minimum atomic E-state index is 0. The fraction of sp³-hybridized carbons (Fsp3) is 0.467. The molecule has 0 aliphatic carbocycles. The monoisotopic (exact) mass is 377 g/mol. The number of hydrogen-bond donors (Lipinski definition) is 1. The lowest BCUT2D eigenvalue weighted by Crippen LogP contribution is -2.35. The van der Waals surface area contributed by atoms with Crippen LogP contribution in [0.25, 0.3) is 10.8 Å². The van der Waals surface area contributed by atoms with Gasteiger partial charge in [-0.3, -0.25) is 4.79 Å². The van der Waals surface area contributed by atoms with Crippen LogP contribution in [0.2, 0.25) is 0 Å². The number of halogens is 2. The molecule has 0 atom stereocenters. The van der Waals surface area contributed by atoms with E-state index in [1.165, 1.54) is 11.3 Å². The number of carbonyl (C=O) groups excluding carboxylic acids is 1.